The molecule has 1 aliphatic heterocycles. The van der Waals surface area contributed by atoms with E-state index in [1.807, 2.05) is 49.1 Å². The van der Waals surface area contributed by atoms with Gasteiger partial charge in [-0.15, -0.1) is 0 Å². The third-order valence-electron chi connectivity index (χ3n) is 4.01. The van der Waals surface area contributed by atoms with E-state index >= 15 is 0 Å². The van der Waals surface area contributed by atoms with Crippen molar-refractivity contribution in [2.45, 2.75) is 51.6 Å². The molecule has 0 spiro atoms. The average molecular weight is 299 g/mol. The van der Waals surface area contributed by atoms with E-state index in [0.29, 0.717) is 30.3 Å². The summed E-state index contributed by atoms with van der Waals surface area (Å²) in [4.78, 5) is 26.8. The lowest BCUT2D eigenvalue weighted by atomic mass is 10.1. The standard InChI is InChI=1S/C17H21N3O2/c1-12(2)19(13-8-9-13)17(22)15-10-11-16(21)20(18-15)14-6-4-3-5-7-14/h3-7,12-13H,8-11H2,1-2H3. The van der Waals surface area contributed by atoms with E-state index < -0.39 is 0 Å². The SMILES string of the molecule is CC(C)N(C(=O)C1=NN(c2ccccc2)C(=O)CC1)C1CC1. The monoisotopic (exact) mass is 299 g/mol. The highest BCUT2D eigenvalue weighted by Gasteiger charge is 2.37. The van der Waals surface area contributed by atoms with Gasteiger partial charge in [-0.2, -0.15) is 5.10 Å². The van der Waals surface area contributed by atoms with Crippen LogP contribution in [0.15, 0.2) is 35.4 Å². The molecule has 1 aliphatic carbocycles. The zero-order valence-corrected chi connectivity index (χ0v) is 13.0. The number of amides is 2. The van der Waals surface area contributed by atoms with Crippen molar-refractivity contribution in [1.29, 1.82) is 0 Å². The molecule has 1 aromatic carbocycles. The number of hydrogen-bond acceptors (Lipinski definition) is 3. The van der Waals surface area contributed by atoms with E-state index in [4.69, 9.17) is 0 Å². The summed E-state index contributed by atoms with van der Waals surface area (Å²) in [5, 5.41) is 5.72. The first-order chi connectivity index (χ1) is 10.6. The Balaban J connectivity index is 1.86. The number of anilines is 1. The van der Waals surface area contributed by atoms with Gasteiger partial charge in [0, 0.05) is 24.9 Å². The first kappa shape index (κ1) is 14.8. The van der Waals surface area contributed by atoms with Crippen LogP contribution in [0.1, 0.15) is 39.5 Å². The van der Waals surface area contributed by atoms with Gasteiger partial charge in [-0.05, 0) is 38.8 Å². The highest BCUT2D eigenvalue weighted by molar-refractivity contribution is 6.40. The highest BCUT2D eigenvalue weighted by Crippen LogP contribution is 2.30. The van der Waals surface area contributed by atoms with Gasteiger partial charge in [0.15, 0.2) is 0 Å². The topological polar surface area (TPSA) is 53.0 Å². The zero-order chi connectivity index (χ0) is 15.7. The van der Waals surface area contributed by atoms with Crippen molar-refractivity contribution in [1.82, 2.24) is 4.90 Å². The molecule has 2 amide bonds. The van der Waals surface area contributed by atoms with Gasteiger partial charge in [-0.1, -0.05) is 18.2 Å². The Hall–Kier alpha value is -2.17. The van der Waals surface area contributed by atoms with Crippen LogP contribution < -0.4 is 5.01 Å². The van der Waals surface area contributed by atoms with Gasteiger partial charge in [0.25, 0.3) is 5.91 Å². The summed E-state index contributed by atoms with van der Waals surface area (Å²) in [7, 11) is 0. The normalized spacial score (nSPS) is 18.4. The molecule has 1 fully saturated rings. The minimum atomic E-state index is -0.0646. The molecule has 1 saturated carbocycles. The van der Waals surface area contributed by atoms with Crippen molar-refractivity contribution >= 4 is 23.2 Å². The van der Waals surface area contributed by atoms with Gasteiger partial charge < -0.3 is 4.90 Å². The lowest BCUT2D eigenvalue weighted by molar-refractivity contribution is -0.126. The molecule has 116 valence electrons. The largest absolute Gasteiger partial charge is 0.332 e. The molecule has 5 heteroatoms. The summed E-state index contributed by atoms with van der Waals surface area (Å²) in [6.07, 6.45) is 2.89. The molecule has 0 N–H and O–H groups in total. The Morgan fingerprint density at radius 1 is 1.23 bits per heavy atom. The van der Waals surface area contributed by atoms with Crippen LogP contribution in [0.3, 0.4) is 0 Å². The Kier molecular flexibility index (Phi) is 3.96. The van der Waals surface area contributed by atoms with Gasteiger partial charge in [-0.3, -0.25) is 9.59 Å². The van der Waals surface area contributed by atoms with Crippen molar-refractivity contribution in [2.75, 3.05) is 5.01 Å². The predicted octanol–water partition coefficient (Wildman–Crippen LogP) is 2.57. The molecule has 5 nitrogen and oxygen atoms in total. The van der Waals surface area contributed by atoms with Crippen molar-refractivity contribution in [2.24, 2.45) is 5.10 Å². The van der Waals surface area contributed by atoms with E-state index in [1.165, 1.54) is 5.01 Å². The molecule has 0 aromatic heterocycles. The maximum atomic E-state index is 12.8. The molecule has 22 heavy (non-hydrogen) atoms. The summed E-state index contributed by atoms with van der Waals surface area (Å²) >= 11 is 0. The molecule has 1 aromatic rings. The van der Waals surface area contributed by atoms with Crippen LogP contribution in [0.25, 0.3) is 0 Å². The number of hydrogen-bond donors (Lipinski definition) is 0. The van der Waals surface area contributed by atoms with Crippen molar-refractivity contribution < 1.29 is 9.59 Å². The van der Waals surface area contributed by atoms with Gasteiger partial charge in [-0.25, -0.2) is 5.01 Å². The number of benzene rings is 1. The molecule has 2 aliphatic rings. The third kappa shape index (κ3) is 2.89. The molecule has 0 saturated heterocycles. The van der Waals surface area contributed by atoms with Crippen LogP contribution in [0.4, 0.5) is 5.69 Å². The molecule has 0 unspecified atom stereocenters. The molecule has 0 radical (unpaired) electrons. The third-order valence-corrected chi connectivity index (χ3v) is 4.01. The summed E-state index contributed by atoms with van der Waals surface area (Å²) in [5.41, 5.74) is 1.20. The van der Waals surface area contributed by atoms with Crippen molar-refractivity contribution in [3.63, 3.8) is 0 Å². The number of carbonyl (C=O) groups is 2. The second kappa shape index (κ2) is 5.91. The Bertz CT molecular complexity index is 604. The van der Waals surface area contributed by atoms with Gasteiger partial charge >= 0.3 is 0 Å². The minimum absolute atomic E-state index is 0.0223. The fraction of sp³-hybridized carbons (Fsp3) is 0.471. The lowest BCUT2D eigenvalue weighted by Gasteiger charge is -2.30. The van der Waals surface area contributed by atoms with Crippen LogP contribution in [0.2, 0.25) is 0 Å². The average Bonchev–Trinajstić information content (AvgIpc) is 3.33. The zero-order valence-electron chi connectivity index (χ0n) is 13.0. The fourth-order valence-corrected chi connectivity index (χ4v) is 2.80. The van der Waals surface area contributed by atoms with E-state index in [2.05, 4.69) is 5.10 Å². The molecular formula is C17H21N3O2. The summed E-state index contributed by atoms with van der Waals surface area (Å²) in [5.74, 6) is -0.0869. The van der Waals surface area contributed by atoms with Crippen molar-refractivity contribution in [3.8, 4) is 0 Å². The number of rotatable bonds is 4. The smallest absolute Gasteiger partial charge is 0.270 e. The van der Waals surface area contributed by atoms with Crippen LogP contribution >= 0.6 is 0 Å². The summed E-state index contributed by atoms with van der Waals surface area (Å²) in [6.45, 7) is 4.06. The fourth-order valence-electron chi connectivity index (χ4n) is 2.80. The highest BCUT2D eigenvalue weighted by atomic mass is 16.2. The van der Waals surface area contributed by atoms with Gasteiger partial charge in [0.05, 0.1) is 5.69 Å². The van der Waals surface area contributed by atoms with E-state index in [0.717, 1.165) is 12.8 Å². The number of hydrazone groups is 1. The summed E-state index contributed by atoms with van der Waals surface area (Å²) in [6, 6.07) is 9.77. The Morgan fingerprint density at radius 3 is 2.50 bits per heavy atom. The lowest BCUT2D eigenvalue weighted by Crippen LogP contribution is -2.45. The number of nitrogens with zero attached hydrogens (tertiary/aromatic N) is 3. The first-order valence-corrected chi connectivity index (χ1v) is 7.86. The molecule has 0 bridgehead atoms. The minimum Gasteiger partial charge on any atom is -0.332 e. The van der Waals surface area contributed by atoms with Crippen molar-refractivity contribution in [3.05, 3.63) is 30.3 Å². The number of carbonyl (C=O) groups excluding carboxylic acids is 2. The molecule has 0 atom stereocenters. The quantitative estimate of drug-likeness (QED) is 0.858. The number of para-hydroxylation sites is 1. The molecular weight excluding hydrogens is 278 g/mol. The van der Waals surface area contributed by atoms with Crippen LogP contribution in [-0.4, -0.2) is 34.5 Å². The molecule has 3 rings (SSSR count). The second-order valence-corrected chi connectivity index (χ2v) is 6.13. The second-order valence-electron chi connectivity index (χ2n) is 6.13. The van der Waals surface area contributed by atoms with Crippen LogP contribution in [-0.2, 0) is 9.59 Å². The Labute approximate surface area is 130 Å². The maximum absolute atomic E-state index is 12.8. The van der Waals surface area contributed by atoms with E-state index in [1.54, 1.807) is 0 Å². The molecule has 1 heterocycles. The maximum Gasteiger partial charge on any atom is 0.270 e. The van der Waals surface area contributed by atoms with Crippen LogP contribution in [0.5, 0.6) is 0 Å². The van der Waals surface area contributed by atoms with Gasteiger partial charge in [0.2, 0.25) is 5.91 Å². The Morgan fingerprint density at radius 2 is 1.91 bits per heavy atom. The summed E-state index contributed by atoms with van der Waals surface area (Å²) < 4.78 is 0. The predicted molar refractivity (Wildman–Crippen MR) is 85.6 cm³/mol. The van der Waals surface area contributed by atoms with E-state index in [-0.39, 0.29) is 17.9 Å². The van der Waals surface area contributed by atoms with Crippen LogP contribution in [0, 0.1) is 0 Å². The van der Waals surface area contributed by atoms with Gasteiger partial charge in [0.1, 0.15) is 5.71 Å². The van der Waals surface area contributed by atoms with E-state index in [9.17, 15) is 9.59 Å². The first-order valence-electron chi connectivity index (χ1n) is 7.86.